The van der Waals surface area contributed by atoms with Crippen LogP contribution in [-0.4, -0.2) is 33.9 Å². The lowest BCUT2D eigenvalue weighted by molar-refractivity contribution is -0.324. The van der Waals surface area contributed by atoms with Crippen molar-refractivity contribution in [3.63, 3.8) is 0 Å². The smallest absolute Gasteiger partial charge is 0.287 e. The number of carbonyl (C=O) groups is 4. The van der Waals surface area contributed by atoms with Gasteiger partial charge in [0.15, 0.2) is 0 Å². The van der Waals surface area contributed by atoms with Crippen LogP contribution in [0.3, 0.4) is 0 Å². The quantitative estimate of drug-likeness (QED) is 0.534. The van der Waals surface area contributed by atoms with Crippen molar-refractivity contribution in [3.8, 4) is 0 Å². The lowest BCUT2D eigenvalue weighted by Gasteiger charge is -2.09. The molecule has 2 heterocycles. The second-order valence-corrected chi connectivity index (χ2v) is 4.43. The van der Waals surface area contributed by atoms with Gasteiger partial charge in [0.2, 0.25) is 5.91 Å². The van der Waals surface area contributed by atoms with Crippen LogP contribution >= 0.6 is 0 Å². The number of piperidine rings is 1. The van der Waals surface area contributed by atoms with E-state index in [1.54, 1.807) is 0 Å². The van der Waals surface area contributed by atoms with E-state index in [2.05, 4.69) is 0 Å². The van der Waals surface area contributed by atoms with Crippen LogP contribution < -0.4 is 5.32 Å². The zero-order chi connectivity index (χ0) is 14.4. The van der Waals surface area contributed by atoms with Crippen LogP contribution in [0.4, 0.5) is 4.39 Å². The predicted molar refractivity (Wildman–Crippen MR) is 62.7 cm³/mol. The summed E-state index contributed by atoms with van der Waals surface area (Å²) in [7, 11) is 0. The average Bonchev–Trinajstić information content (AvgIpc) is 2.64. The second kappa shape index (κ2) is 4.16. The molecule has 1 fully saturated rings. The molecule has 0 radical (unpaired) electrons. The Hall–Kier alpha value is -2.70. The van der Waals surface area contributed by atoms with Crippen LogP contribution in [0.15, 0.2) is 18.2 Å². The molecule has 0 unspecified atom stereocenters. The number of benzene rings is 1. The van der Waals surface area contributed by atoms with Crippen molar-refractivity contribution < 1.29 is 28.1 Å². The van der Waals surface area contributed by atoms with Gasteiger partial charge in [0.1, 0.15) is 16.9 Å². The fraction of sp³-hybridized carbons (Fsp3) is 0.154. The summed E-state index contributed by atoms with van der Waals surface area (Å²) in [6.45, 7) is 0. The zero-order valence-electron chi connectivity index (χ0n) is 10.1. The van der Waals surface area contributed by atoms with Gasteiger partial charge in [-0.05, 0) is 12.1 Å². The molecule has 1 N–H and O–H groups in total. The summed E-state index contributed by atoms with van der Waals surface area (Å²) in [6.07, 6.45) is -0.0330. The average molecular weight is 275 g/mol. The highest BCUT2D eigenvalue weighted by atomic mass is 19.1. The highest BCUT2D eigenvalue weighted by Gasteiger charge is 2.48. The van der Waals surface area contributed by atoms with E-state index in [0.29, 0.717) is 4.58 Å². The van der Waals surface area contributed by atoms with Crippen LogP contribution in [0.25, 0.3) is 0 Å². The van der Waals surface area contributed by atoms with Crippen molar-refractivity contribution >= 4 is 29.3 Å². The molecule has 100 valence electrons. The summed E-state index contributed by atoms with van der Waals surface area (Å²) in [5.74, 6) is -3.69. The summed E-state index contributed by atoms with van der Waals surface area (Å²) in [5.41, 5.74) is -0.544. The number of amides is 4. The first-order valence-corrected chi connectivity index (χ1v) is 5.88. The summed E-state index contributed by atoms with van der Waals surface area (Å²) in [5, 5.41) is 2.03. The molecule has 2 aliphatic rings. The van der Waals surface area contributed by atoms with Crippen molar-refractivity contribution in [1.82, 2.24) is 5.32 Å². The Bertz CT molecular complexity index is 736. The molecule has 1 aromatic carbocycles. The highest BCUT2D eigenvalue weighted by molar-refractivity contribution is 6.43. The predicted octanol–water partition coefficient (Wildman–Crippen LogP) is 0.00980. The Balaban J connectivity index is 2.17. The lowest BCUT2D eigenvalue weighted by atomic mass is 10.1. The van der Waals surface area contributed by atoms with Gasteiger partial charge in [-0.1, -0.05) is 10.6 Å². The third kappa shape index (κ3) is 1.59. The molecule has 0 aromatic heterocycles. The van der Waals surface area contributed by atoms with Gasteiger partial charge < -0.3 is 0 Å². The van der Waals surface area contributed by atoms with E-state index >= 15 is 0 Å². The highest BCUT2D eigenvalue weighted by Crippen LogP contribution is 2.23. The number of nitrogens with zero attached hydrogens (tertiary/aromatic N) is 1. The maximum absolute atomic E-state index is 13.7. The first-order chi connectivity index (χ1) is 9.50. The molecule has 0 spiro atoms. The molecule has 0 aliphatic carbocycles. The molecule has 6 nitrogen and oxygen atoms in total. The van der Waals surface area contributed by atoms with Crippen LogP contribution in [0.5, 0.6) is 0 Å². The second-order valence-electron chi connectivity index (χ2n) is 4.43. The number of imide groups is 2. The van der Waals surface area contributed by atoms with Gasteiger partial charge in [0, 0.05) is 12.8 Å². The number of hydrogen-bond donors (Lipinski definition) is 1. The first-order valence-electron chi connectivity index (χ1n) is 5.88. The van der Waals surface area contributed by atoms with Crippen LogP contribution in [0, 0.1) is 5.82 Å². The number of rotatable bonds is 0. The third-order valence-electron chi connectivity index (χ3n) is 3.24. The molecule has 20 heavy (non-hydrogen) atoms. The number of fused-ring (bicyclic) bond motifs is 1. The van der Waals surface area contributed by atoms with Gasteiger partial charge in [-0.3, -0.25) is 14.9 Å². The minimum absolute atomic E-state index is 0.00302. The molecule has 0 bridgehead atoms. The standard InChI is InChI=1S/C13H7FN2O4/c14-7-3-1-2-6-10(7)13(20)16(12(6)19)8-4-5-9(17)15-11(8)18/h1-3H,4-5H2/p+1. The van der Waals surface area contributed by atoms with E-state index in [4.69, 9.17) is 0 Å². The van der Waals surface area contributed by atoms with Crippen molar-refractivity contribution in [3.05, 3.63) is 35.1 Å². The Labute approximate surface area is 111 Å². The molecule has 0 atom stereocenters. The summed E-state index contributed by atoms with van der Waals surface area (Å²) in [6, 6.07) is 3.71. The largest absolute Gasteiger partial charge is 0.432 e. The maximum Gasteiger partial charge on any atom is 0.432 e. The third-order valence-corrected chi connectivity index (χ3v) is 3.24. The summed E-state index contributed by atoms with van der Waals surface area (Å²) >= 11 is 0. The van der Waals surface area contributed by atoms with E-state index in [1.807, 2.05) is 5.32 Å². The molecular weight excluding hydrogens is 267 g/mol. The maximum atomic E-state index is 13.7. The number of nitrogens with one attached hydrogen (secondary N) is 1. The first kappa shape index (κ1) is 12.3. The number of halogens is 1. The van der Waals surface area contributed by atoms with Gasteiger partial charge in [-0.2, -0.15) is 0 Å². The van der Waals surface area contributed by atoms with Gasteiger partial charge in [0.25, 0.3) is 5.71 Å². The van der Waals surface area contributed by atoms with E-state index in [9.17, 15) is 23.6 Å². The number of hydrogen-bond acceptors (Lipinski definition) is 4. The Morgan fingerprint density at radius 2 is 1.80 bits per heavy atom. The topological polar surface area (TPSA) is 83.3 Å². The van der Waals surface area contributed by atoms with E-state index in [0.717, 1.165) is 6.07 Å². The normalized spacial score (nSPS) is 22.1. The van der Waals surface area contributed by atoms with Crippen LogP contribution in [0.1, 0.15) is 33.6 Å². The summed E-state index contributed by atoms with van der Waals surface area (Å²) in [4.78, 5) is 47.1. The van der Waals surface area contributed by atoms with E-state index in [-0.39, 0.29) is 29.7 Å². The minimum atomic E-state index is -0.873. The van der Waals surface area contributed by atoms with Crippen molar-refractivity contribution in [2.75, 3.05) is 0 Å². The van der Waals surface area contributed by atoms with E-state index < -0.39 is 29.4 Å². The molecule has 7 heteroatoms. The minimum Gasteiger partial charge on any atom is -0.287 e. The fourth-order valence-electron chi connectivity index (χ4n) is 2.31. The van der Waals surface area contributed by atoms with Gasteiger partial charge in [0.05, 0.1) is 0 Å². The molecule has 1 saturated heterocycles. The lowest BCUT2D eigenvalue weighted by Crippen LogP contribution is -2.46. The monoisotopic (exact) mass is 275 g/mol. The Kier molecular flexibility index (Phi) is 2.56. The zero-order valence-corrected chi connectivity index (χ0v) is 10.1. The van der Waals surface area contributed by atoms with Crippen molar-refractivity contribution in [2.45, 2.75) is 12.8 Å². The van der Waals surface area contributed by atoms with Gasteiger partial charge >= 0.3 is 17.7 Å². The molecule has 2 aliphatic heterocycles. The SMILES string of the molecule is O=C1CCC(=[N+]2C(=O)c3cccc(F)c3C2=O)C(=O)N1. The van der Waals surface area contributed by atoms with E-state index in [1.165, 1.54) is 12.1 Å². The molecular formula is C13H8FN2O4+. The van der Waals surface area contributed by atoms with Crippen molar-refractivity contribution in [2.24, 2.45) is 0 Å². The number of carbonyl (C=O) groups excluding carboxylic acids is 4. The van der Waals surface area contributed by atoms with Crippen molar-refractivity contribution in [1.29, 1.82) is 0 Å². The van der Waals surface area contributed by atoms with Crippen LogP contribution in [0.2, 0.25) is 0 Å². The molecule has 1 aromatic rings. The summed E-state index contributed by atoms with van der Waals surface area (Å²) < 4.78 is 14.3. The van der Waals surface area contributed by atoms with Gasteiger partial charge in [-0.25, -0.2) is 14.0 Å². The molecule has 0 saturated carbocycles. The van der Waals surface area contributed by atoms with Crippen LogP contribution in [-0.2, 0) is 9.59 Å². The fourth-order valence-corrected chi connectivity index (χ4v) is 2.31. The molecule has 4 amide bonds. The van der Waals surface area contributed by atoms with Gasteiger partial charge in [-0.15, -0.1) is 0 Å². The Morgan fingerprint density at radius 1 is 1.05 bits per heavy atom. The molecule has 3 rings (SSSR count). The Morgan fingerprint density at radius 3 is 2.45 bits per heavy atom.